The molecule has 0 saturated heterocycles. The summed E-state index contributed by atoms with van der Waals surface area (Å²) < 4.78 is 32.0. The smallest absolute Gasteiger partial charge is 0.180 e. The molecule has 0 atom stereocenters. The topological polar surface area (TPSA) is 77.4 Å². The largest absolute Gasteiger partial charge is 0.744 e. The average Bonchev–Trinajstić information content (AvgIpc) is 2.78. The van der Waals surface area contributed by atoms with Gasteiger partial charge in [0.1, 0.15) is 10.1 Å². The second-order valence-electron chi connectivity index (χ2n) is 9.72. The van der Waals surface area contributed by atoms with Crippen LogP contribution < -0.4 is 0 Å². The first-order valence-corrected chi connectivity index (χ1v) is 14.6. The Morgan fingerprint density at radius 1 is 0.727 bits per heavy atom. The van der Waals surface area contributed by atoms with E-state index >= 15 is 0 Å². The van der Waals surface area contributed by atoms with Gasteiger partial charge in [-0.25, -0.2) is 8.42 Å². The zero-order valence-corrected chi connectivity index (χ0v) is 22.7. The number of nitrogens with zero attached hydrogens (tertiary/aromatic N) is 1. The molecule has 0 aliphatic heterocycles. The highest BCUT2D eigenvalue weighted by Crippen LogP contribution is 2.13. The maximum absolute atomic E-state index is 10.4. The van der Waals surface area contributed by atoms with Crippen molar-refractivity contribution in [1.82, 2.24) is 0 Å². The van der Waals surface area contributed by atoms with Crippen molar-refractivity contribution in [3.63, 3.8) is 0 Å². The van der Waals surface area contributed by atoms with E-state index in [9.17, 15) is 18.1 Å². The maximum Gasteiger partial charge on any atom is 0.180 e. The minimum absolute atomic E-state index is 0.178. The van der Waals surface area contributed by atoms with Crippen molar-refractivity contribution < 1.29 is 22.6 Å². The predicted molar refractivity (Wildman–Crippen MR) is 138 cm³/mol. The fourth-order valence-electron chi connectivity index (χ4n) is 3.86. The van der Waals surface area contributed by atoms with E-state index in [1.165, 1.54) is 102 Å². The summed E-state index contributed by atoms with van der Waals surface area (Å²) in [5.41, 5.74) is 0.928. The molecule has 1 rings (SSSR count). The van der Waals surface area contributed by atoms with E-state index in [-0.39, 0.29) is 4.90 Å². The Labute approximate surface area is 204 Å². The van der Waals surface area contributed by atoms with Gasteiger partial charge in [0.15, 0.2) is 6.73 Å². The molecular formula is C27H51NO4S. The van der Waals surface area contributed by atoms with Gasteiger partial charge in [0.2, 0.25) is 0 Å². The Hall–Kier alpha value is -0.950. The summed E-state index contributed by atoms with van der Waals surface area (Å²) in [5, 5.41) is 9.70. The molecule has 5 nitrogen and oxygen atoms in total. The Kier molecular flexibility index (Phi) is 18.8. The Bertz CT molecular complexity index is 656. The third-order valence-electron chi connectivity index (χ3n) is 6.25. The highest BCUT2D eigenvalue weighted by molar-refractivity contribution is 7.85. The molecule has 194 valence electrons. The van der Waals surface area contributed by atoms with E-state index in [1.54, 1.807) is 12.1 Å². The molecule has 1 aromatic rings. The number of aliphatic hydroxyl groups is 1. The maximum atomic E-state index is 10.4. The molecule has 33 heavy (non-hydrogen) atoms. The summed E-state index contributed by atoms with van der Waals surface area (Å²) in [6.07, 6.45) is 19.0. The second kappa shape index (κ2) is 19.4. The van der Waals surface area contributed by atoms with E-state index in [0.29, 0.717) is 6.73 Å². The van der Waals surface area contributed by atoms with Crippen LogP contribution in [0.15, 0.2) is 29.2 Å². The summed E-state index contributed by atoms with van der Waals surface area (Å²) in [5.74, 6) is 0. The van der Waals surface area contributed by atoms with Gasteiger partial charge >= 0.3 is 0 Å². The molecule has 0 aromatic heterocycles. The van der Waals surface area contributed by atoms with E-state index in [4.69, 9.17) is 0 Å². The number of aryl methyl sites for hydroxylation is 1. The molecule has 0 aliphatic rings. The molecule has 0 fully saturated rings. The molecule has 0 heterocycles. The standard InChI is InChI=1S/C20H44NO.C7H8O3S/c1-4-6-8-10-12-14-16-18-21(3,20-22)19-17-15-13-11-9-7-5-2;1-6-2-4-7(5-3-6)11(8,9)10/h22H,4-20H2,1-3H3;2-5H,1H3,(H,8,9,10)/q+1;/p-1. The van der Waals surface area contributed by atoms with Crippen LogP contribution in [0.4, 0.5) is 0 Å². The number of hydrogen-bond donors (Lipinski definition) is 1. The Morgan fingerprint density at radius 2 is 1.09 bits per heavy atom. The van der Waals surface area contributed by atoms with E-state index < -0.39 is 10.1 Å². The van der Waals surface area contributed by atoms with E-state index in [0.717, 1.165) is 23.1 Å². The van der Waals surface area contributed by atoms with E-state index in [1.807, 2.05) is 6.92 Å². The quantitative estimate of drug-likeness (QED) is 0.108. The Morgan fingerprint density at radius 3 is 1.42 bits per heavy atom. The lowest BCUT2D eigenvalue weighted by molar-refractivity contribution is -0.927. The highest BCUT2D eigenvalue weighted by atomic mass is 32.2. The van der Waals surface area contributed by atoms with Crippen LogP contribution in [-0.4, -0.2) is 49.4 Å². The third-order valence-corrected chi connectivity index (χ3v) is 7.10. The lowest BCUT2D eigenvalue weighted by Gasteiger charge is -2.32. The molecule has 1 aromatic carbocycles. The van der Waals surface area contributed by atoms with Crippen molar-refractivity contribution in [1.29, 1.82) is 0 Å². The monoisotopic (exact) mass is 485 g/mol. The fourth-order valence-corrected chi connectivity index (χ4v) is 4.33. The summed E-state index contributed by atoms with van der Waals surface area (Å²) in [6, 6.07) is 5.78. The van der Waals surface area contributed by atoms with Gasteiger partial charge in [0.25, 0.3) is 0 Å². The van der Waals surface area contributed by atoms with Crippen LogP contribution in [0.25, 0.3) is 0 Å². The molecule has 0 radical (unpaired) electrons. The summed E-state index contributed by atoms with van der Waals surface area (Å²) in [4.78, 5) is -0.178. The Balaban J connectivity index is 0.000000771. The zero-order chi connectivity index (χ0) is 25.0. The lowest BCUT2D eigenvalue weighted by Crippen LogP contribution is -2.46. The van der Waals surface area contributed by atoms with Crippen molar-refractivity contribution in [2.24, 2.45) is 0 Å². The van der Waals surface area contributed by atoms with Crippen LogP contribution in [0.2, 0.25) is 0 Å². The van der Waals surface area contributed by atoms with Crippen LogP contribution >= 0.6 is 0 Å². The summed E-state index contributed by atoms with van der Waals surface area (Å²) in [6.45, 7) is 8.98. The molecule has 6 heteroatoms. The van der Waals surface area contributed by atoms with Crippen LogP contribution in [0.5, 0.6) is 0 Å². The number of hydrogen-bond acceptors (Lipinski definition) is 4. The van der Waals surface area contributed by atoms with Crippen LogP contribution in [-0.2, 0) is 10.1 Å². The van der Waals surface area contributed by atoms with Gasteiger partial charge in [0.05, 0.1) is 25.0 Å². The highest BCUT2D eigenvalue weighted by Gasteiger charge is 2.18. The third kappa shape index (κ3) is 18.1. The van der Waals surface area contributed by atoms with Gasteiger partial charge in [-0.2, -0.15) is 0 Å². The minimum Gasteiger partial charge on any atom is -0.744 e. The average molecular weight is 486 g/mol. The van der Waals surface area contributed by atoms with Gasteiger partial charge in [0, 0.05) is 0 Å². The molecule has 0 spiro atoms. The van der Waals surface area contributed by atoms with Gasteiger partial charge in [-0.1, -0.05) is 95.8 Å². The molecule has 0 aliphatic carbocycles. The number of aliphatic hydroxyl groups excluding tert-OH is 1. The molecular weight excluding hydrogens is 434 g/mol. The van der Waals surface area contributed by atoms with Crippen molar-refractivity contribution in [3.05, 3.63) is 29.8 Å². The van der Waals surface area contributed by atoms with E-state index in [2.05, 4.69) is 20.9 Å². The molecule has 0 saturated carbocycles. The van der Waals surface area contributed by atoms with Crippen molar-refractivity contribution in [3.8, 4) is 0 Å². The number of unbranched alkanes of at least 4 members (excludes halogenated alkanes) is 12. The van der Waals surface area contributed by atoms with Crippen molar-refractivity contribution in [2.45, 2.75) is 116 Å². The fraction of sp³-hybridized carbons (Fsp3) is 0.778. The van der Waals surface area contributed by atoms with Gasteiger partial charge < -0.3 is 14.1 Å². The van der Waals surface area contributed by atoms with Crippen LogP contribution in [0.1, 0.15) is 109 Å². The van der Waals surface area contributed by atoms with Crippen LogP contribution in [0.3, 0.4) is 0 Å². The zero-order valence-electron chi connectivity index (χ0n) is 21.9. The van der Waals surface area contributed by atoms with Gasteiger partial charge in [-0.3, -0.25) is 0 Å². The number of quaternary nitrogens is 1. The molecule has 0 amide bonds. The SMILES string of the molecule is CCCCCCCCC[N+](C)(CO)CCCCCCCCC.Cc1ccc(S(=O)(=O)[O-])cc1. The molecule has 0 bridgehead atoms. The molecule has 1 N–H and O–H groups in total. The second-order valence-corrected chi connectivity index (χ2v) is 11.1. The normalized spacial score (nSPS) is 11.8. The summed E-state index contributed by atoms with van der Waals surface area (Å²) in [7, 11) is -2.04. The van der Waals surface area contributed by atoms with Crippen molar-refractivity contribution >= 4 is 10.1 Å². The lowest BCUT2D eigenvalue weighted by atomic mass is 10.1. The van der Waals surface area contributed by atoms with Crippen molar-refractivity contribution in [2.75, 3.05) is 26.9 Å². The number of benzene rings is 1. The van der Waals surface area contributed by atoms with Crippen LogP contribution in [0, 0.1) is 6.92 Å². The number of rotatable bonds is 18. The van der Waals surface area contributed by atoms with Gasteiger partial charge in [-0.05, 0) is 44.7 Å². The molecule has 0 unspecified atom stereocenters. The van der Waals surface area contributed by atoms with Gasteiger partial charge in [-0.15, -0.1) is 0 Å². The summed E-state index contributed by atoms with van der Waals surface area (Å²) >= 11 is 0. The predicted octanol–water partition coefficient (Wildman–Crippen LogP) is 6.78. The first kappa shape index (κ1) is 32.0. The minimum atomic E-state index is -4.27. The first-order valence-electron chi connectivity index (χ1n) is 13.2. The first-order chi connectivity index (χ1) is 15.7.